The van der Waals surface area contributed by atoms with Gasteiger partial charge in [-0.25, -0.2) is 0 Å². The first-order valence-electron chi connectivity index (χ1n) is 7.02. The quantitative estimate of drug-likeness (QED) is 0.928. The molecule has 4 atom stereocenters. The van der Waals surface area contributed by atoms with Crippen LogP contribution in [-0.2, 0) is 9.53 Å². The van der Waals surface area contributed by atoms with Gasteiger partial charge in [0, 0.05) is 6.07 Å². The van der Waals surface area contributed by atoms with Gasteiger partial charge in [-0.1, -0.05) is 6.92 Å². The molecule has 1 amide bonds. The predicted molar refractivity (Wildman–Crippen MR) is 79.0 cm³/mol. The minimum atomic E-state index is -0.194. The van der Waals surface area contributed by atoms with E-state index in [1.807, 2.05) is 26.8 Å². The van der Waals surface area contributed by atoms with Crippen LogP contribution in [0.25, 0.3) is 0 Å². The second-order valence-electron chi connectivity index (χ2n) is 5.45. The topological polar surface area (TPSA) is 71.3 Å². The second-order valence-corrected chi connectivity index (χ2v) is 5.45. The van der Waals surface area contributed by atoms with E-state index in [2.05, 4.69) is 5.32 Å². The summed E-state index contributed by atoms with van der Waals surface area (Å²) >= 11 is 0. The van der Waals surface area contributed by atoms with Gasteiger partial charge < -0.3 is 14.8 Å². The van der Waals surface area contributed by atoms with Crippen molar-refractivity contribution in [2.75, 3.05) is 12.4 Å². The predicted octanol–water partition coefficient (Wildman–Crippen LogP) is 2.56. The summed E-state index contributed by atoms with van der Waals surface area (Å²) in [6, 6.07) is 6.99. The van der Waals surface area contributed by atoms with E-state index in [1.54, 1.807) is 18.2 Å². The number of nitrogens with zero attached hydrogens (tertiary/aromatic N) is 1. The van der Waals surface area contributed by atoms with E-state index in [-0.39, 0.29) is 30.0 Å². The van der Waals surface area contributed by atoms with E-state index < -0.39 is 0 Å². The zero-order valence-corrected chi connectivity index (χ0v) is 12.7. The first kappa shape index (κ1) is 15.3. The van der Waals surface area contributed by atoms with Crippen molar-refractivity contribution in [3.05, 3.63) is 23.8 Å². The molecule has 2 rings (SSSR count). The van der Waals surface area contributed by atoms with Gasteiger partial charge in [-0.05, 0) is 31.9 Å². The van der Waals surface area contributed by atoms with Crippen molar-refractivity contribution in [1.82, 2.24) is 0 Å². The number of hydrogen-bond acceptors (Lipinski definition) is 4. The fourth-order valence-corrected chi connectivity index (χ4v) is 2.80. The molecule has 0 bridgehead atoms. The molecule has 1 N–H and O–H groups in total. The van der Waals surface area contributed by atoms with Crippen LogP contribution in [-0.4, -0.2) is 25.2 Å². The molecule has 0 saturated carbocycles. The minimum absolute atomic E-state index is 0.0682. The number of benzene rings is 1. The molecule has 1 aromatic carbocycles. The van der Waals surface area contributed by atoms with Gasteiger partial charge in [0.1, 0.15) is 5.75 Å². The number of methoxy groups -OCH3 is 1. The summed E-state index contributed by atoms with van der Waals surface area (Å²) in [4.78, 5) is 12.5. The summed E-state index contributed by atoms with van der Waals surface area (Å²) in [5.41, 5.74) is 1.06. The number of rotatable bonds is 3. The van der Waals surface area contributed by atoms with Gasteiger partial charge >= 0.3 is 0 Å². The molecule has 1 aliphatic heterocycles. The van der Waals surface area contributed by atoms with Crippen LogP contribution >= 0.6 is 0 Å². The Kier molecular flexibility index (Phi) is 4.49. The van der Waals surface area contributed by atoms with Crippen molar-refractivity contribution >= 4 is 11.6 Å². The van der Waals surface area contributed by atoms with E-state index in [0.29, 0.717) is 17.0 Å². The average molecular weight is 288 g/mol. The normalized spacial score (nSPS) is 28.0. The fraction of sp³-hybridized carbons (Fsp3) is 0.500. The van der Waals surface area contributed by atoms with Gasteiger partial charge in [0.2, 0.25) is 5.91 Å². The molecule has 1 fully saturated rings. The molecule has 5 heteroatoms. The van der Waals surface area contributed by atoms with Crippen molar-refractivity contribution in [3.63, 3.8) is 0 Å². The molecule has 1 aliphatic rings. The van der Waals surface area contributed by atoms with E-state index >= 15 is 0 Å². The van der Waals surface area contributed by atoms with Crippen LogP contribution in [0, 0.1) is 23.2 Å². The Bertz CT molecular complexity index is 579. The van der Waals surface area contributed by atoms with Gasteiger partial charge in [-0.2, -0.15) is 5.26 Å². The largest absolute Gasteiger partial charge is 0.495 e. The maximum atomic E-state index is 12.5. The zero-order valence-electron chi connectivity index (χ0n) is 12.7. The van der Waals surface area contributed by atoms with Crippen molar-refractivity contribution in [2.24, 2.45) is 11.8 Å². The molecule has 112 valence electrons. The molecule has 1 heterocycles. The van der Waals surface area contributed by atoms with Crippen LogP contribution in [0.3, 0.4) is 0 Å². The monoisotopic (exact) mass is 288 g/mol. The molecule has 1 aromatic rings. The van der Waals surface area contributed by atoms with Crippen LogP contribution in [0.4, 0.5) is 5.69 Å². The summed E-state index contributed by atoms with van der Waals surface area (Å²) < 4.78 is 10.9. The number of amides is 1. The number of anilines is 1. The van der Waals surface area contributed by atoms with E-state index in [1.165, 1.54) is 7.11 Å². The lowest BCUT2D eigenvalue weighted by Crippen LogP contribution is -2.32. The summed E-state index contributed by atoms with van der Waals surface area (Å²) in [5.74, 6) is 0.363. The Hall–Kier alpha value is -2.06. The molecular weight excluding hydrogens is 268 g/mol. The summed E-state index contributed by atoms with van der Waals surface area (Å²) in [5, 5.41) is 11.8. The molecule has 21 heavy (non-hydrogen) atoms. The van der Waals surface area contributed by atoms with Crippen LogP contribution in [0.2, 0.25) is 0 Å². The van der Waals surface area contributed by atoms with Crippen molar-refractivity contribution < 1.29 is 14.3 Å². The molecular formula is C16H20N2O3. The Morgan fingerprint density at radius 3 is 2.57 bits per heavy atom. The molecule has 0 spiro atoms. The Labute approximate surface area is 124 Å². The standard InChI is InChI=1S/C16H20N2O3/c1-9-10(2)21-11(3)15(9)16(19)18-13-6-5-12(8-17)7-14(13)20-4/h5-7,9-11,15H,1-4H3,(H,18,19). The third kappa shape index (κ3) is 3.01. The third-order valence-electron chi connectivity index (χ3n) is 4.13. The number of carbonyl (C=O) groups excluding carboxylic acids is 1. The Morgan fingerprint density at radius 1 is 1.33 bits per heavy atom. The molecule has 0 aromatic heterocycles. The number of nitriles is 1. The number of nitrogens with one attached hydrogen (secondary N) is 1. The lowest BCUT2D eigenvalue weighted by molar-refractivity contribution is -0.121. The highest BCUT2D eigenvalue weighted by Crippen LogP contribution is 2.34. The van der Waals surface area contributed by atoms with Crippen molar-refractivity contribution in [3.8, 4) is 11.8 Å². The van der Waals surface area contributed by atoms with Gasteiger partial charge in [-0.3, -0.25) is 4.79 Å². The smallest absolute Gasteiger partial charge is 0.230 e. The van der Waals surface area contributed by atoms with E-state index in [9.17, 15) is 4.79 Å². The van der Waals surface area contributed by atoms with Crippen LogP contribution in [0.5, 0.6) is 5.75 Å². The second kappa shape index (κ2) is 6.15. The first-order chi connectivity index (χ1) is 9.97. The summed E-state index contributed by atoms with van der Waals surface area (Å²) in [6.45, 7) is 5.92. The van der Waals surface area contributed by atoms with E-state index in [0.717, 1.165) is 0 Å². The molecule has 4 unspecified atom stereocenters. The maximum Gasteiger partial charge on any atom is 0.230 e. The SMILES string of the molecule is COc1cc(C#N)ccc1NC(=O)C1C(C)OC(C)C1C. The number of ether oxygens (including phenoxy) is 2. The van der Waals surface area contributed by atoms with Gasteiger partial charge in [0.05, 0.1) is 42.6 Å². The molecule has 0 radical (unpaired) electrons. The first-order valence-corrected chi connectivity index (χ1v) is 7.02. The molecule has 5 nitrogen and oxygen atoms in total. The van der Waals surface area contributed by atoms with Crippen molar-refractivity contribution in [1.29, 1.82) is 5.26 Å². The highest BCUT2D eigenvalue weighted by Gasteiger charge is 2.41. The Balaban J connectivity index is 2.18. The van der Waals surface area contributed by atoms with Crippen LogP contribution in [0.1, 0.15) is 26.3 Å². The molecule has 1 saturated heterocycles. The lowest BCUT2D eigenvalue weighted by atomic mass is 9.89. The summed E-state index contributed by atoms with van der Waals surface area (Å²) in [7, 11) is 1.51. The third-order valence-corrected chi connectivity index (χ3v) is 4.13. The number of carbonyl (C=O) groups is 1. The highest BCUT2D eigenvalue weighted by molar-refractivity contribution is 5.94. The van der Waals surface area contributed by atoms with Gasteiger partial charge in [-0.15, -0.1) is 0 Å². The average Bonchev–Trinajstić information content (AvgIpc) is 2.72. The van der Waals surface area contributed by atoms with Gasteiger partial charge in [0.25, 0.3) is 0 Å². The minimum Gasteiger partial charge on any atom is -0.495 e. The van der Waals surface area contributed by atoms with Crippen LogP contribution < -0.4 is 10.1 Å². The van der Waals surface area contributed by atoms with Crippen LogP contribution in [0.15, 0.2) is 18.2 Å². The maximum absolute atomic E-state index is 12.5. The molecule has 0 aliphatic carbocycles. The van der Waals surface area contributed by atoms with E-state index in [4.69, 9.17) is 14.7 Å². The zero-order chi connectivity index (χ0) is 15.6. The van der Waals surface area contributed by atoms with Gasteiger partial charge in [0.15, 0.2) is 0 Å². The summed E-state index contributed by atoms with van der Waals surface area (Å²) in [6.07, 6.45) is -0.0435. The van der Waals surface area contributed by atoms with Crippen molar-refractivity contribution in [2.45, 2.75) is 33.0 Å². The Morgan fingerprint density at radius 2 is 2.05 bits per heavy atom. The lowest BCUT2D eigenvalue weighted by Gasteiger charge is -2.19. The number of hydrogen-bond donors (Lipinski definition) is 1. The highest BCUT2D eigenvalue weighted by atomic mass is 16.5. The fourth-order valence-electron chi connectivity index (χ4n) is 2.80.